The van der Waals surface area contributed by atoms with Crippen molar-refractivity contribution in [3.8, 4) is 0 Å². The molecule has 0 aliphatic carbocycles. The van der Waals surface area contributed by atoms with Gasteiger partial charge in [0.2, 0.25) is 5.95 Å². The molecule has 0 amide bonds. The maximum atomic E-state index is 5.57. The van der Waals surface area contributed by atoms with Gasteiger partial charge in [-0.3, -0.25) is 0 Å². The molecule has 1 aliphatic heterocycles. The number of aryl methyl sites for hydroxylation is 1. The summed E-state index contributed by atoms with van der Waals surface area (Å²) in [5.74, 6) is 1.17. The Morgan fingerprint density at radius 3 is 3.09 bits per heavy atom. The van der Waals surface area contributed by atoms with Crippen LogP contribution in [0.1, 0.15) is 18.4 Å². The molecule has 0 saturated carbocycles. The van der Waals surface area contributed by atoms with Crippen molar-refractivity contribution in [3.63, 3.8) is 0 Å². The second-order valence-corrected chi connectivity index (χ2v) is 6.12. The van der Waals surface area contributed by atoms with Gasteiger partial charge >= 0.3 is 0 Å². The molecule has 2 N–H and O–H groups in total. The maximum absolute atomic E-state index is 5.57. The third kappa shape index (κ3) is 3.92. The first-order valence-corrected chi connectivity index (χ1v) is 8.08. The summed E-state index contributed by atoms with van der Waals surface area (Å²) in [6, 6.07) is 6.03. The number of aromatic nitrogens is 3. The number of ether oxygens (including phenoxy) is 1. The summed E-state index contributed by atoms with van der Waals surface area (Å²) in [6.45, 7) is 3.60. The fourth-order valence-corrected chi connectivity index (χ4v) is 2.57. The van der Waals surface area contributed by atoms with Crippen LogP contribution in [-0.2, 0) is 4.74 Å². The molecule has 6 nitrogen and oxygen atoms in total. The lowest BCUT2D eigenvalue weighted by molar-refractivity contribution is 0.120. The van der Waals surface area contributed by atoms with Gasteiger partial charge in [-0.1, -0.05) is 15.9 Å². The van der Waals surface area contributed by atoms with Crippen molar-refractivity contribution in [2.45, 2.75) is 25.9 Å². The average molecular weight is 364 g/mol. The molecule has 1 saturated heterocycles. The first-order valence-electron chi connectivity index (χ1n) is 7.29. The zero-order valence-electron chi connectivity index (χ0n) is 12.3. The Hall–Kier alpha value is -1.73. The Balaban J connectivity index is 1.63. The zero-order valence-corrected chi connectivity index (χ0v) is 13.9. The number of nitrogens with zero attached hydrogens (tertiary/aromatic N) is 3. The summed E-state index contributed by atoms with van der Waals surface area (Å²) in [6.07, 6.45) is 4.05. The van der Waals surface area contributed by atoms with E-state index in [1.807, 2.05) is 25.1 Å². The Kier molecular flexibility index (Phi) is 4.84. The minimum Gasteiger partial charge on any atom is -0.376 e. The van der Waals surface area contributed by atoms with Crippen LogP contribution in [0.15, 0.2) is 28.9 Å². The lowest BCUT2D eigenvalue weighted by Gasteiger charge is -2.11. The van der Waals surface area contributed by atoms with E-state index in [1.54, 1.807) is 6.20 Å². The molecule has 0 spiro atoms. The molecule has 0 bridgehead atoms. The summed E-state index contributed by atoms with van der Waals surface area (Å²) in [5, 5.41) is 14.4. The van der Waals surface area contributed by atoms with E-state index < -0.39 is 0 Å². The minimum absolute atomic E-state index is 0.245. The smallest absolute Gasteiger partial charge is 0.244 e. The molecule has 1 aromatic carbocycles. The van der Waals surface area contributed by atoms with Gasteiger partial charge in [0.25, 0.3) is 0 Å². The number of anilines is 3. The molecule has 1 atom stereocenters. The van der Waals surface area contributed by atoms with E-state index in [-0.39, 0.29) is 6.10 Å². The Morgan fingerprint density at radius 2 is 2.32 bits per heavy atom. The van der Waals surface area contributed by atoms with Crippen molar-refractivity contribution < 1.29 is 4.74 Å². The molecule has 0 radical (unpaired) electrons. The van der Waals surface area contributed by atoms with Crippen molar-refractivity contribution in [1.29, 1.82) is 0 Å². The summed E-state index contributed by atoms with van der Waals surface area (Å²) in [4.78, 5) is 4.42. The Bertz CT molecular complexity index is 646. The fraction of sp³-hybridized carbons (Fsp3) is 0.400. The number of benzene rings is 1. The molecular weight excluding hydrogens is 346 g/mol. The molecule has 1 aromatic heterocycles. The number of rotatable bonds is 5. The van der Waals surface area contributed by atoms with Crippen LogP contribution in [0.3, 0.4) is 0 Å². The van der Waals surface area contributed by atoms with Gasteiger partial charge in [0.15, 0.2) is 5.82 Å². The topological polar surface area (TPSA) is 72.0 Å². The van der Waals surface area contributed by atoms with E-state index in [0.29, 0.717) is 18.3 Å². The fourth-order valence-electron chi connectivity index (χ4n) is 2.32. The van der Waals surface area contributed by atoms with Gasteiger partial charge in [-0.15, -0.1) is 5.10 Å². The largest absolute Gasteiger partial charge is 0.376 e. The van der Waals surface area contributed by atoms with Crippen molar-refractivity contribution in [2.24, 2.45) is 0 Å². The number of hydrogen-bond acceptors (Lipinski definition) is 6. The van der Waals surface area contributed by atoms with E-state index in [1.165, 1.54) is 0 Å². The predicted molar refractivity (Wildman–Crippen MR) is 89.5 cm³/mol. The Morgan fingerprint density at radius 1 is 1.41 bits per heavy atom. The normalized spacial score (nSPS) is 17.5. The van der Waals surface area contributed by atoms with Crippen molar-refractivity contribution >= 4 is 33.4 Å². The highest BCUT2D eigenvalue weighted by Gasteiger charge is 2.15. The monoisotopic (exact) mass is 363 g/mol. The van der Waals surface area contributed by atoms with Crippen molar-refractivity contribution in [2.75, 3.05) is 23.8 Å². The first-order chi connectivity index (χ1) is 10.7. The molecule has 3 rings (SSSR count). The minimum atomic E-state index is 0.245. The molecule has 1 aliphatic rings. The van der Waals surface area contributed by atoms with Gasteiger partial charge in [0.05, 0.1) is 12.3 Å². The summed E-state index contributed by atoms with van der Waals surface area (Å²) in [5.41, 5.74) is 2.12. The van der Waals surface area contributed by atoms with Crippen LogP contribution in [0.25, 0.3) is 0 Å². The second kappa shape index (κ2) is 7.02. The Labute approximate surface area is 137 Å². The highest BCUT2D eigenvalue weighted by atomic mass is 79.9. The molecular formula is C15H18BrN5O. The third-order valence-corrected chi connectivity index (χ3v) is 4.39. The lowest BCUT2D eigenvalue weighted by Crippen LogP contribution is -2.20. The summed E-state index contributed by atoms with van der Waals surface area (Å²) in [7, 11) is 0. The van der Waals surface area contributed by atoms with Gasteiger partial charge in [-0.2, -0.15) is 10.1 Å². The van der Waals surface area contributed by atoms with Gasteiger partial charge < -0.3 is 15.4 Å². The van der Waals surface area contributed by atoms with Crippen LogP contribution in [0.5, 0.6) is 0 Å². The number of halogens is 1. The molecule has 22 heavy (non-hydrogen) atoms. The van der Waals surface area contributed by atoms with Crippen LogP contribution in [0, 0.1) is 6.92 Å². The standard InChI is InChI=1S/C15H18BrN5O/c1-10-7-11(4-5-13(10)16)19-14-9-18-21-15(20-14)17-8-12-3-2-6-22-12/h4-5,7,9,12H,2-3,6,8H2,1H3,(H2,17,19,20,21). The van der Waals surface area contributed by atoms with Crippen LogP contribution in [0.4, 0.5) is 17.5 Å². The second-order valence-electron chi connectivity index (χ2n) is 5.27. The van der Waals surface area contributed by atoms with E-state index in [9.17, 15) is 0 Å². The van der Waals surface area contributed by atoms with Gasteiger partial charge in [0, 0.05) is 23.3 Å². The summed E-state index contributed by atoms with van der Waals surface area (Å²) >= 11 is 3.49. The van der Waals surface area contributed by atoms with Crippen LogP contribution < -0.4 is 10.6 Å². The molecule has 116 valence electrons. The highest BCUT2D eigenvalue weighted by molar-refractivity contribution is 9.10. The number of hydrogen-bond donors (Lipinski definition) is 2. The third-order valence-electron chi connectivity index (χ3n) is 3.50. The van der Waals surface area contributed by atoms with Crippen molar-refractivity contribution in [1.82, 2.24) is 15.2 Å². The van der Waals surface area contributed by atoms with Crippen LogP contribution in [-0.4, -0.2) is 34.4 Å². The summed E-state index contributed by atoms with van der Waals surface area (Å²) < 4.78 is 6.65. The van der Waals surface area contributed by atoms with E-state index in [4.69, 9.17) is 4.74 Å². The van der Waals surface area contributed by atoms with Crippen LogP contribution >= 0.6 is 15.9 Å². The highest BCUT2D eigenvalue weighted by Crippen LogP contribution is 2.22. The van der Waals surface area contributed by atoms with Gasteiger partial charge in [-0.25, -0.2) is 0 Å². The average Bonchev–Trinajstić information content (AvgIpc) is 3.03. The molecule has 2 heterocycles. The molecule has 1 fully saturated rings. The molecule has 7 heteroatoms. The first kappa shape index (κ1) is 15.2. The lowest BCUT2D eigenvalue weighted by atomic mass is 10.2. The van der Waals surface area contributed by atoms with E-state index in [2.05, 4.69) is 41.7 Å². The zero-order chi connectivity index (χ0) is 15.4. The SMILES string of the molecule is Cc1cc(Nc2cnnc(NCC3CCCO3)n2)ccc1Br. The van der Waals surface area contributed by atoms with Gasteiger partial charge in [0.1, 0.15) is 0 Å². The van der Waals surface area contributed by atoms with E-state index in [0.717, 1.165) is 35.2 Å². The maximum Gasteiger partial charge on any atom is 0.244 e. The molecule has 2 aromatic rings. The van der Waals surface area contributed by atoms with E-state index >= 15 is 0 Å². The number of nitrogens with one attached hydrogen (secondary N) is 2. The predicted octanol–water partition coefficient (Wildman–Crippen LogP) is 3.28. The quantitative estimate of drug-likeness (QED) is 0.849. The van der Waals surface area contributed by atoms with Crippen molar-refractivity contribution in [3.05, 3.63) is 34.4 Å². The van der Waals surface area contributed by atoms with Crippen LogP contribution in [0.2, 0.25) is 0 Å². The van der Waals surface area contributed by atoms with Gasteiger partial charge in [-0.05, 0) is 43.5 Å². The molecule has 1 unspecified atom stereocenters.